The summed E-state index contributed by atoms with van der Waals surface area (Å²) in [4.78, 5) is 13.2. The highest BCUT2D eigenvalue weighted by molar-refractivity contribution is 6.28. The molecular formula is C13H21ClN4. The number of nitrogens with zero attached hydrogens (tertiary/aromatic N) is 4. The van der Waals surface area contributed by atoms with Crippen LogP contribution in [0.5, 0.6) is 0 Å². The Morgan fingerprint density at radius 3 is 2.61 bits per heavy atom. The second-order valence-corrected chi connectivity index (χ2v) is 5.25. The van der Waals surface area contributed by atoms with E-state index in [1.165, 1.54) is 25.9 Å². The van der Waals surface area contributed by atoms with Crippen molar-refractivity contribution in [2.24, 2.45) is 0 Å². The number of aromatic nitrogens is 2. The maximum absolute atomic E-state index is 5.92. The Kier molecular flexibility index (Phi) is 4.40. The first-order chi connectivity index (χ1) is 8.60. The van der Waals surface area contributed by atoms with Crippen LogP contribution in [0, 0.1) is 6.92 Å². The number of anilines is 1. The van der Waals surface area contributed by atoms with Crippen molar-refractivity contribution in [1.82, 2.24) is 14.9 Å². The zero-order valence-electron chi connectivity index (χ0n) is 11.4. The van der Waals surface area contributed by atoms with E-state index in [1.807, 2.05) is 13.0 Å². The summed E-state index contributed by atoms with van der Waals surface area (Å²) in [7, 11) is 2.10. The highest BCUT2D eigenvalue weighted by Crippen LogP contribution is 2.21. The molecule has 0 N–H and O–H groups in total. The molecule has 2 rings (SSSR count). The first kappa shape index (κ1) is 13.6. The maximum Gasteiger partial charge on any atom is 0.224 e. The van der Waals surface area contributed by atoms with Crippen molar-refractivity contribution in [1.29, 1.82) is 0 Å². The Bertz CT molecular complexity index is 382. The number of likely N-dealkylation sites (tertiary alicyclic amines) is 1. The van der Waals surface area contributed by atoms with Gasteiger partial charge in [0.25, 0.3) is 0 Å². The highest BCUT2D eigenvalue weighted by atomic mass is 35.5. The number of halogens is 1. The predicted octanol–water partition coefficient (Wildman–Crippen LogP) is 2.36. The molecule has 1 saturated heterocycles. The van der Waals surface area contributed by atoms with Crippen LogP contribution in [0.25, 0.3) is 0 Å². The third kappa shape index (κ3) is 3.12. The smallest absolute Gasteiger partial charge is 0.224 e. The van der Waals surface area contributed by atoms with Crippen molar-refractivity contribution >= 4 is 17.4 Å². The third-order valence-electron chi connectivity index (χ3n) is 3.73. The summed E-state index contributed by atoms with van der Waals surface area (Å²) in [6.07, 6.45) is 2.37. The first-order valence-electron chi connectivity index (χ1n) is 6.56. The van der Waals surface area contributed by atoms with Crippen LogP contribution in [-0.4, -0.2) is 47.6 Å². The quantitative estimate of drug-likeness (QED) is 0.788. The molecule has 0 spiro atoms. The summed E-state index contributed by atoms with van der Waals surface area (Å²) in [5, 5.41) is 0.336. The van der Waals surface area contributed by atoms with Gasteiger partial charge in [0.05, 0.1) is 0 Å². The van der Waals surface area contributed by atoms with Gasteiger partial charge in [0.2, 0.25) is 5.28 Å². The predicted molar refractivity (Wildman–Crippen MR) is 75.3 cm³/mol. The summed E-state index contributed by atoms with van der Waals surface area (Å²) >= 11 is 5.92. The van der Waals surface area contributed by atoms with Gasteiger partial charge in [-0.15, -0.1) is 0 Å². The lowest BCUT2D eigenvalue weighted by Gasteiger charge is -2.36. The summed E-state index contributed by atoms with van der Waals surface area (Å²) in [6, 6.07) is 2.55. The zero-order chi connectivity index (χ0) is 13.1. The Morgan fingerprint density at radius 1 is 1.39 bits per heavy atom. The Hall–Kier alpha value is -0.870. The molecule has 100 valence electrons. The third-order valence-corrected chi connectivity index (χ3v) is 3.90. The van der Waals surface area contributed by atoms with Crippen molar-refractivity contribution in [3.05, 3.63) is 17.0 Å². The van der Waals surface area contributed by atoms with Crippen molar-refractivity contribution in [2.75, 3.05) is 31.6 Å². The van der Waals surface area contributed by atoms with Crippen molar-refractivity contribution in [3.8, 4) is 0 Å². The van der Waals surface area contributed by atoms with Crippen LogP contribution < -0.4 is 4.90 Å². The Labute approximate surface area is 114 Å². The molecule has 1 aromatic rings. The van der Waals surface area contributed by atoms with E-state index in [2.05, 4.69) is 33.7 Å². The van der Waals surface area contributed by atoms with Gasteiger partial charge in [-0.25, -0.2) is 9.97 Å². The standard InChI is InChI=1S/C13H21ClN4/c1-4-18-7-5-11(6-8-18)17(3)12-9-10(2)15-13(14)16-12/h9,11H,4-8H2,1-3H3. The molecule has 1 fully saturated rings. The molecule has 0 unspecified atom stereocenters. The maximum atomic E-state index is 5.92. The van der Waals surface area contributed by atoms with Crippen LogP contribution in [0.15, 0.2) is 6.07 Å². The van der Waals surface area contributed by atoms with Crippen molar-refractivity contribution in [3.63, 3.8) is 0 Å². The fraction of sp³-hybridized carbons (Fsp3) is 0.692. The van der Waals surface area contributed by atoms with E-state index < -0.39 is 0 Å². The van der Waals surface area contributed by atoms with Gasteiger partial charge in [0, 0.05) is 37.9 Å². The van der Waals surface area contributed by atoms with E-state index in [0.717, 1.165) is 18.1 Å². The van der Waals surface area contributed by atoms with E-state index in [-0.39, 0.29) is 0 Å². The van der Waals surface area contributed by atoms with Gasteiger partial charge in [-0.3, -0.25) is 0 Å². The van der Waals surface area contributed by atoms with E-state index in [0.29, 0.717) is 11.3 Å². The number of rotatable bonds is 3. The largest absolute Gasteiger partial charge is 0.356 e. The zero-order valence-corrected chi connectivity index (χ0v) is 12.1. The molecule has 18 heavy (non-hydrogen) atoms. The summed E-state index contributed by atoms with van der Waals surface area (Å²) in [5.41, 5.74) is 0.919. The van der Waals surface area contributed by atoms with Gasteiger partial charge >= 0.3 is 0 Å². The number of piperidine rings is 1. The van der Waals surface area contributed by atoms with Gasteiger partial charge in [-0.2, -0.15) is 0 Å². The summed E-state index contributed by atoms with van der Waals surface area (Å²) < 4.78 is 0. The number of hydrogen-bond donors (Lipinski definition) is 0. The van der Waals surface area contributed by atoms with Gasteiger partial charge in [-0.05, 0) is 37.9 Å². The van der Waals surface area contributed by atoms with E-state index in [1.54, 1.807) is 0 Å². The molecular weight excluding hydrogens is 248 g/mol. The molecule has 0 atom stereocenters. The molecule has 1 aliphatic heterocycles. The molecule has 0 radical (unpaired) electrons. The highest BCUT2D eigenvalue weighted by Gasteiger charge is 2.22. The molecule has 0 aromatic carbocycles. The van der Waals surface area contributed by atoms with E-state index in [4.69, 9.17) is 11.6 Å². The van der Waals surface area contributed by atoms with Gasteiger partial charge in [0.1, 0.15) is 5.82 Å². The van der Waals surface area contributed by atoms with Crippen molar-refractivity contribution < 1.29 is 0 Å². The molecule has 2 heterocycles. The SMILES string of the molecule is CCN1CCC(N(C)c2cc(C)nc(Cl)n2)CC1. The van der Waals surface area contributed by atoms with Crippen LogP contribution in [0.3, 0.4) is 0 Å². The molecule has 0 amide bonds. The fourth-order valence-electron chi connectivity index (χ4n) is 2.51. The van der Waals surface area contributed by atoms with Gasteiger partial charge in [0.15, 0.2) is 0 Å². The molecule has 1 aromatic heterocycles. The first-order valence-corrected chi connectivity index (χ1v) is 6.94. The van der Waals surface area contributed by atoms with Gasteiger partial charge in [-0.1, -0.05) is 6.92 Å². The molecule has 0 saturated carbocycles. The lowest BCUT2D eigenvalue weighted by Crippen LogP contribution is -2.43. The summed E-state index contributed by atoms with van der Waals surface area (Å²) in [5.74, 6) is 0.933. The molecule has 0 bridgehead atoms. The van der Waals surface area contributed by atoms with Crippen LogP contribution in [0.4, 0.5) is 5.82 Å². The minimum absolute atomic E-state index is 0.336. The normalized spacial score (nSPS) is 18.0. The van der Waals surface area contributed by atoms with Crippen LogP contribution in [0.1, 0.15) is 25.5 Å². The second-order valence-electron chi connectivity index (χ2n) is 4.91. The second kappa shape index (κ2) is 5.85. The average Bonchev–Trinajstić information content (AvgIpc) is 2.37. The monoisotopic (exact) mass is 268 g/mol. The van der Waals surface area contributed by atoms with E-state index >= 15 is 0 Å². The van der Waals surface area contributed by atoms with Crippen LogP contribution in [0.2, 0.25) is 5.28 Å². The van der Waals surface area contributed by atoms with Crippen LogP contribution >= 0.6 is 11.6 Å². The summed E-state index contributed by atoms with van der Waals surface area (Å²) in [6.45, 7) is 7.66. The Balaban J connectivity index is 2.05. The Morgan fingerprint density at radius 2 is 2.06 bits per heavy atom. The minimum Gasteiger partial charge on any atom is -0.356 e. The molecule has 4 nitrogen and oxygen atoms in total. The van der Waals surface area contributed by atoms with Gasteiger partial charge < -0.3 is 9.80 Å². The molecule has 5 heteroatoms. The molecule has 0 aliphatic carbocycles. The lowest BCUT2D eigenvalue weighted by molar-refractivity contribution is 0.220. The number of aryl methyl sites for hydroxylation is 1. The van der Waals surface area contributed by atoms with E-state index in [9.17, 15) is 0 Å². The topological polar surface area (TPSA) is 32.3 Å². The van der Waals surface area contributed by atoms with Crippen LogP contribution in [-0.2, 0) is 0 Å². The average molecular weight is 269 g/mol. The van der Waals surface area contributed by atoms with Crippen molar-refractivity contribution in [2.45, 2.75) is 32.7 Å². The lowest BCUT2D eigenvalue weighted by atomic mass is 10.0. The number of hydrogen-bond acceptors (Lipinski definition) is 4. The minimum atomic E-state index is 0.336. The fourth-order valence-corrected chi connectivity index (χ4v) is 2.73. The molecule has 1 aliphatic rings.